The average molecular weight is 242 g/mol. The van der Waals surface area contributed by atoms with E-state index in [9.17, 15) is 4.79 Å². The third kappa shape index (κ3) is 1.51. The Morgan fingerprint density at radius 3 is 2.94 bits per heavy atom. The van der Waals surface area contributed by atoms with Crippen molar-refractivity contribution in [2.75, 3.05) is 6.61 Å². The Bertz CT molecular complexity index is 514. The predicted octanol–water partition coefficient (Wildman–Crippen LogP) is 2.92. The monoisotopic (exact) mass is 242 g/mol. The number of Topliss-reactive ketones (excluding diaryl/α,β-unsaturated/α-hetero) is 1. The van der Waals surface area contributed by atoms with Gasteiger partial charge in [0.2, 0.25) is 0 Å². The second kappa shape index (κ2) is 3.59. The normalized spacial score (nSPS) is 26.3. The van der Waals surface area contributed by atoms with E-state index in [1.54, 1.807) is 0 Å². The molecule has 0 aromatic heterocycles. The van der Waals surface area contributed by atoms with Crippen molar-refractivity contribution in [2.24, 2.45) is 11.3 Å². The molecule has 1 atom stereocenters. The van der Waals surface area contributed by atoms with Crippen LogP contribution >= 0.6 is 0 Å². The standard InChI is InChI=1S/C16H18O2/c17-14(13-3-5-16(13)6-7-16)9-11-1-2-12-4-8-18-15(12)10-11/h1-2,10,13H,3-9H2. The summed E-state index contributed by atoms with van der Waals surface area (Å²) in [6, 6.07) is 6.29. The largest absolute Gasteiger partial charge is 0.493 e. The van der Waals surface area contributed by atoms with Gasteiger partial charge in [-0.25, -0.2) is 0 Å². The number of carbonyl (C=O) groups is 1. The SMILES string of the molecule is O=C(Cc1ccc2c(c1)OCC2)C1CCC12CC2. The van der Waals surface area contributed by atoms with E-state index in [1.165, 1.54) is 24.8 Å². The quantitative estimate of drug-likeness (QED) is 0.814. The Balaban J connectivity index is 1.49. The molecule has 1 unspecified atom stereocenters. The van der Waals surface area contributed by atoms with Crippen LogP contribution in [0.3, 0.4) is 0 Å². The third-order valence-electron chi connectivity index (χ3n) is 5.09. The van der Waals surface area contributed by atoms with Gasteiger partial charge in [0.05, 0.1) is 6.61 Å². The summed E-state index contributed by atoms with van der Waals surface area (Å²) in [4.78, 5) is 12.3. The van der Waals surface area contributed by atoms with Crippen LogP contribution in [-0.2, 0) is 17.6 Å². The number of hydrogen-bond donors (Lipinski definition) is 0. The van der Waals surface area contributed by atoms with Gasteiger partial charge < -0.3 is 4.74 Å². The van der Waals surface area contributed by atoms with Crippen LogP contribution in [0.25, 0.3) is 0 Å². The number of ether oxygens (including phenoxy) is 1. The second-order valence-electron chi connectivity index (χ2n) is 6.14. The topological polar surface area (TPSA) is 26.3 Å². The van der Waals surface area contributed by atoms with Crippen LogP contribution in [-0.4, -0.2) is 12.4 Å². The maximum atomic E-state index is 12.3. The van der Waals surface area contributed by atoms with Crippen molar-refractivity contribution < 1.29 is 9.53 Å². The minimum Gasteiger partial charge on any atom is -0.493 e. The minimum atomic E-state index is 0.367. The van der Waals surface area contributed by atoms with Crippen LogP contribution in [0.2, 0.25) is 0 Å². The van der Waals surface area contributed by atoms with Gasteiger partial charge in [-0.1, -0.05) is 12.1 Å². The highest BCUT2D eigenvalue weighted by molar-refractivity contribution is 5.85. The molecular weight excluding hydrogens is 224 g/mol. The second-order valence-corrected chi connectivity index (χ2v) is 6.14. The van der Waals surface area contributed by atoms with Crippen LogP contribution < -0.4 is 4.74 Å². The first kappa shape index (κ1) is 10.6. The maximum absolute atomic E-state index is 12.3. The van der Waals surface area contributed by atoms with Crippen molar-refractivity contribution >= 4 is 5.78 Å². The molecule has 1 aliphatic heterocycles. The molecule has 1 aromatic carbocycles. The van der Waals surface area contributed by atoms with E-state index < -0.39 is 0 Å². The van der Waals surface area contributed by atoms with E-state index in [-0.39, 0.29) is 0 Å². The lowest BCUT2D eigenvalue weighted by atomic mass is 9.67. The summed E-state index contributed by atoms with van der Waals surface area (Å²) in [7, 11) is 0. The smallest absolute Gasteiger partial charge is 0.140 e. The molecule has 2 saturated carbocycles. The number of benzene rings is 1. The molecule has 0 amide bonds. The van der Waals surface area contributed by atoms with Gasteiger partial charge in [0, 0.05) is 18.8 Å². The van der Waals surface area contributed by atoms with E-state index in [4.69, 9.17) is 4.74 Å². The first-order valence-corrected chi connectivity index (χ1v) is 7.04. The fourth-order valence-electron chi connectivity index (χ4n) is 3.60. The highest BCUT2D eigenvalue weighted by Gasteiger charge is 2.57. The molecular formula is C16H18O2. The fraction of sp³-hybridized carbons (Fsp3) is 0.562. The van der Waals surface area contributed by atoms with Gasteiger partial charge in [0.15, 0.2) is 0 Å². The molecule has 2 aliphatic carbocycles. The summed E-state index contributed by atoms with van der Waals surface area (Å²) in [6.07, 6.45) is 6.60. The maximum Gasteiger partial charge on any atom is 0.140 e. The number of fused-ring (bicyclic) bond motifs is 1. The zero-order valence-corrected chi connectivity index (χ0v) is 10.6. The third-order valence-corrected chi connectivity index (χ3v) is 5.09. The molecule has 2 heteroatoms. The number of hydrogen-bond acceptors (Lipinski definition) is 2. The first-order chi connectivity index (χ1) is 8.77. The molecule has 0 N–H and O–H groups in total. The van der Waals surface area contributed by atoms with E-state index in [0.717, 1.165) is 30.8 Å². The number of carbonyl (C=O) groups excluding carboxylic acids is 1. The molecule has 3 aliphatic rings. The summed E-state index contributed by atoms with van der Waals surface area (Å²) >= 11 is 0. The van der Waals surface area contributed by atoms with Crippen LogP contribution in [0.4, 0.5) is 0 Å². The summed E-state index contributed by atoms with van der Waals surface area (Å²) in [5.41, 5.74) is 2.88. The predicted molar refractivity (Wildman–Crippen MR) is 68.7 cm³/mol. The minimum absolute atomic E-state index is 0.367. The Morgan fingerprint density at radius 1 is 1.33 bits per heavy atom. The first-order valence-electron chi connectivity index (χ1n) is 7.04. The highest BCUT2D eigenvalue weighted by atomic mass is 16.5. The Kier molecular flexibility index (Phi) is 2.12. The van der Waals surface area contributed by atoms with Gasteiger partial charge in [-0.3, -0.25) is 4.79 Å². The van der Waals surface area contributed by atoms with Crippen molar-refractivity contribution in [3.63, 3.8) is 0 Å². The molecule has 4 rings (SSSR count). The number of ketones is 1. The van der Waals surface area contributed by atoms with E-state index in [2.05, 4.69) is 18.2 Å². The highest BCUT2D eigenvalue weighted by Crippen LogP contribution is 2.64. The molecule has 0 saturated heterocycles. The lowest BCUT2D eigenvalue weighted by molar-refractivity contribution is -0.128. The number of rotatable bonds is 3. The fourth-order valence-corrected chi connectivity index (χ4v) is 3.60. The van der Waals surface area contributed by atoms with Gasteiger partial charge in [-0.2, -0.15) is 0 Å². The lowest BCUT2D eigenvalue weighted by Gasteiger charge is -2.36. The van der Waals surface area contributed by atoms with Crippen LogP contribution in [0.5, 0.6) is 5.75 Å². The molecule has 1 heterocycles. The molecule has 18 heavy (non-hydrogen) atoms. The van der Waals surface area contributed by atoms with Crippen molar-refractivity contribution in [3.8, 4) is 5.75 Å². The molecule has 0 radical (unpaired) electrons. The molecule has 2 fully saturated rings. The van der Waals surface area contributed by atoms with Gasteiger partial charge in [0.1, 0.15) is 11.5 Å². The van der Waals surface area contributed by atoms with Crippen molar-refractivity contribution in [1.29, 1.82) is 0 Å². The molecule has 2 nitrogen and oxygen atoms in total. The van der Waals surface area contributed by atoms with E-state index >= 15 is 0 Å². The van der Waals surface area contributed by atoms with Gasteiger partial charge in [0.25, 0.3) is 0 Å². The zero-order valence-electron chi connectivity index (χ0n) is 10.6. The van der Waals surface area contributed by atoms with Crippen molar-refractivity contribution in [3.05, 3.63) is 29.3 Å². The molecule has 94 valence electrons. The van der Waals surface area contributed by atoms with Gasteiger partial charge >= 0.3 is 0 Å². The molecule has 0 bridgehead atoms. The van der Waals surface area contributed by atoms with Gasteiger partial charge in [-0.05, 0) is 48.3 Å². The van der Waals surface area contributed by atoms with Gasteiger partial charge in [-0.15, -0.1) is 0 Å². The van der Waals surface area contributed by atoms with Crippen molar-refractivity contribution in [1.82, 2.24) is 0 Å². The zero-order chi connectivity index (χ0) is 12.2. The average Bonchev–Trinajstić information content (AvgIpc) is 3.03. The summed E-state index contributed by atoms with van der Waals surface area (Å²) in [6.45, 7) is 0.790. The Labute approximate surface area is 107 Å². The summed E-state index contributed by atoms with van der Waals surface area (Å²) in [5.74, 6) is 1.82. The van der Waals surface area contributed by atoms with E-state index in [0.29, 0.717) is 23.5 Å². The summed E-state index contributed by atoms with van der Waals surface area (Å²) < 4.78 is 5.56. The summed E-state index contributed by atoms with van der Waals surface area (Å²) in [5, 5.41) is 0. The van der Waals surface area contributed by atoms with Crippen molar-refractivity contribution in [2.45, 2.75) is 38.5 Å². The van der Waals surface area contributed by atoms with Crippen LogP contribution in [0, 0.1) is 11.3 Å². The molecule has 1 aromatic rings. The molecule has 1 spiro atoms. The Hall–Kier alpha value is -1.31. The van der Waals surface area contributed by atoms with Crippen LogP contribution in [0.15, 0.2) is 18.2 Å². The van der Waals surface area contributed by atoms with Crippen LogP contribution in [0.1, 0.15) is 36.8 Å². The van der Waals surface area contributed by atoms with E-state index in [1.807, 2.05) is 0 Å². The lowest BCUT2D eigenvalue weighted by Crippen LogP contribution is -2.35. The Morgan fingerprint density at radius 2 is 2.22 bits per heavy atom.